The number of carboxylic acid groups (broad SMARTS) is 1. The molecule has 1 N–H and O–H groups in total. The van der Waals surface area contributed by atoms with E-state index in [0.29, 0.717) is 6.42 Å². The van der Waals surface area contributed by atoms with Gasteiger partial charge >= 0.3 is 5.97 Å². The van der Waals surface area contributed by atoms with E-state index in [1.807, 2.05) is 27.7 Å². The summed E-state index contributed by atoms with van der Waals surface area (Å²) in [6.07, 6.45) is 3.92. The van der Waals surface area contributed by atoms with Crippen LogP contribution >= 0.6 is 0 Å². The molecule has 0 aliphatic heterocycles. The topological polar surface area (TPSA) is 46.5 Å². The molecule has 1 fully saturated rings. The normalized spacial score (nSPS) is 32.1. The Morgan fingerprint density at radius 2 is 2.14 bits per heavy atom. The van der Waals surface area contributed by atoms with Gasteiger partial charge in [0.25, 0.3) is 0 Å². The summed E-state index contributed by atoms with van der Waals surface area (Å²) in [5.74, 6) is -0.787. The molecule has 0 radical (unpaired) electrons. The fourth-order valence-corrected chi connectivity index (χ4v) is 1.59. The van der Waals surface area contributed by atoms with Gasteiger partial charge in [-0.25, -0.2) is 0 Å². The minimum Gasteiger partial charge on any atom is -0.481 e. The van der Waals surface area contributed by atoms with Crippen LogP contribution in [0.2, 0.25) is 0 Å². The van der Waals surface area contributed by atoms with Crippen molar-refractivity contribution < 1.29 is 14.6 Å². The highest BCUT2D eigenvalue weighted by Gasteiger charge is 2.60. The third kappa shape index (κ3) is 2.15. The van der Waals surface area contributed by atoms with Crippen molar-refractivity contribution >= 4 is 5.97 Å². The molecule has 80 valence electrons. The molecule has 2 atom stereocenters. The Kier molecular flexibility index (Phi) is 2.72. The van der Waals surface area contributed by atoms with Gasteiger partial charge < -0.3 is 9.84 Å². The molecule has 1 aliphatic rings. The van der Waals surface area contributed by atoms with E-state index in [-0.39, 0.29) is 11.7 Å². The van der Waals surface area contributed by atoms with Crippen LogP contribution in [0, 0.1) is 5.41 Å². The SMILES string of the molecule is CC=CC1(C(=O)O)CC1OC(C)(C)C. The first-order valence-electron chi connectivity index (χ1n) is 4.87. The highest BCUT2D eigenvalue weighted by atomic mass is 16.5. The summed E-state index contributed by atoms with van der Waals surface area (Å²) < 4.78 is 5.65. The van der Waals surface area contributed by atoms with Gasteiger partial charge in [-0.15, -0.1) is 0 Å². The van der Waals surface area contributed by atoms with Gasteiger partial charge in [0.15, 0.2) is 0 Å². The maximum absolute atomic E-state index is 11.0. The fourth-order valence-electron chi connectivity index (χ4n) is 1.59. The van der Waals surface area contributed by atoms with Crippen LogP contribution in [0.5, 0.6) is 0 Å². The summed E-state index contributed by atoms with van der Waals surface area (Å²) in [7, 11) is 0. The standard InChI is InChI=1S/C11H18O3/c1-5-6-11(9(12)13)7-8(11)14-10(2,3)4/h5-6,8H,7H2,1-4H3,(H,12,13). The van der Waals surface area contributed by atoms with Crippen molar-refractivity contribution in [2.45, 2.75) is 45.8 Å². The predicted octanol–water partition coefficient (Wildman–Crippen LogP) is 2.22. The lowest BCUT2D eigenvalue weighted by molar-refractivity contribution is -0.144. The van der Waals surface area contributed by atoms with Gasteiger partial charge in [-0.3, -0.25) is 4.79 Å². The van der Waals surface area contributed by atoms with E-state index in [1.165, 1.54) is 0 Å². The second-order valence-corrected chi connectivity index (χ2v) is 4.77. The van der Waals surface area contributed by atoms with Crippen molar-refractivity contribution in [3.05, 3.63) is 12.2 Å². The van der Waals surface area contributed by atoms with E-state index in [9.17, 15) is 4.79 Å². The maximum Gasteiger partial charge on any atom is 0.316 e. The number of hydrogen-bond donors (Lipinski definition) is 1. The molecule has 1 rings (SSSR count). The first-order valence-corrected chi connectivity index (χ1v) is 4.87. The largest absolute Gasteiger partial charge is 0.481 e. The van der Waals surface area contributed by atoms with E-state index in [4.69, 9.17) is 9.84 Å². The Labute approximate surface area is 84.8 Å². The molecule has 14 heavy (non-hydrogen) atoms. The van der Waals surface area contributed by atoms with Crippen LogP contribution in [0.4, 0.5) is 0 Å². The van der Waals surface area contributed by atoms with E-state index < -0.39 is 11.4 Å². The van der Waals surface area contributed by atoms with Crippen LogP contribution in [-0.2, 0) is 9.53 Å². The molecule has 3 nitrogen and oxygen atoms in total. The molecular formula is C11H18O3. The molecule has 0 saturated heterocycles. The zero-order chi connectivity index (χ0) is 11.0. The van der Waals surface area contributed by atoms with Gasteiger partial charge in [-0.1, -0.05) is 12.2 Å². The number of hydrogen-bond acceptors (Lipinski definition) is 2. The molecule has 0 aromatic rings. The molecule has 0 aromatic heterocycles. The van der Waals surface area contributed by atoms with Crippen LogP contribution < -0.4 is 0 Å². The zero-order valence-corrected chi connectivity index (χ0v) is 9.20. The lowest BCUT2D eigenvalue weighted by atomic mass is 10.1. The highest BCUT2D eigenvalue weighted by Crippen LogP contribution is 2.51. The first kappa shape index (κ1) is 11.2. The monoisotopic (exact) mass is 198 g/mol. The van der Waals surface area contributed by atoms with Gasteiger partial charge in [-0.2, -0.15) is 0 Å². The van der Waals surface area contributed by atoms with Crippen LogP contribution in [0.25, 0.3) is 0 Å². The van der Waals surface area contributed by atoms with Crippen molar-refractivity contribution in [2.75, 3.05) is 0 Å². The lowest BCUT2D eigenvalue weighted by Crippen LogP contribution is -2.26. The molecular weight excluding hydrogens is 180 g/mol. The molecule has 0 spiro atoms. The number of allylic oxidation sites excluding steroid dienone is 1. The smallest absolute Gasteiger partial charge is 0.316 e. The number of carbonyl (C=O) groups is 1. The molecule has 0 aromatic carbocycles. The van der Waals surface area contributed by atoms with Crippen molar-refractivity contribution in [1.82, 2.24) is 0 Å². The summed E-state index contributed by atoms with van der Waals surface area (Å²) in [5.41, 5.74) is -1.04. The average Bonchev–Trinajstić information content (AvgIpc) is 2.61. The van der Waals surface area contributed by atoms with Crippen molar-refractivity contribution in [3.63, 3.8) is 0 Å². The number of rotatable bonds is 3. The Bertz CT molecular complexity index is 262. The van der Waals surface area contributed by atoms with E-state index in [1.54, 1.807) is 12.2 Å². The van der Waals surface area contributed by atoms with Gasteiger partial charge in [0.1, 0.15) is 5.41 Å². The fraction of sp³-hybridized carbons (Fsp3) is 0.727. The molecule has 0 heterocycles. The Morgan fingerprint density at radius 3 is 2.50 bits per heavy atom. The summed E-state index contributed by atoms with van der Waals surface area (Å²) in [5, 5.41) is 9.07. The predicted molar refractivity (Wildman–Crippen MR) is 54.1 cm³/mol. The van der Waals surface area contributed by atoms with Gasteiger partial charge in [0.2, 0.25) is 0 Å². The van der Waals surface area contributed by atoms with Crippen LogP contribution in [-0.4, -0.2) is 22.8 Å². The van der Waals surface area contributed by atoms with Gasteiger partial charge in [0.05, 0.1) is 11.7 Å². The highest BCUT2D eigenvalue weighted by molar-refractivity contribution is 5.82. The summed E-state index contributed by atoms with van der Waals surface area (Å²) in [6, 6.07) is 0. The molecule has 2 unspecified atom stereocenters. The summed E-state index contributed by atoms with van der Waals surface area (Å²) in [4.78, 5) is 11.0. The molecule has 0 amide bonds. The number of aliphatic carboxylic acids is 1. The molecule has 1 saturated carbocycles. The Hall–Kier alpha value is -0.830. The number of ether oxygens (including phenoxy) is 1. The average molecular weight is 198 g/mol. The minimum absolute atomic E-state index is 0.170. The van der Waals surface area contributed by atoms with Crippen LogP contribution in [0.15, 0.2) is 12.2 Å². The van der Waals surface area contributed by atoms with E-state index in [2.05, 4.69) is 0 Å². The molecule has 1 aliphatic carbocycles. The Balaban J connectivity index is 2.67. The van der Waals surface area contributed by atoms with E-state index in [0.717, 1.165) is 0 Å². The Morgan fingerprint density at radius 1 is 1.57 bits per heavy atom. The van der Waals surface area contributed by atoms with Crippen molar-refractivity contribution in [3.8, 4) is 0 Å². The molecule has 0 bridgehead atoms. The minimum atomic E-state index is -0.787. The second kappa shape index (κ2) is 3.39. The second-order valence-electron chi connectivity index (χ2n) is 4.77. The molecule has 3 heteroatoms. The quantitative estimate of drug-likeness (QED) is 0.707. The number of carboxylic acids is 1. The maximum atomic E-state index is 11.0. The summed E-state index contributed by atoms with van der Waals surface area (Å²) in [6.45, 7) is 7.64. The van der Waals surface area contributed by atoms with E-state index >= 15 is 0 Å². The summed E-state index contributed by atoms with van der Waals surface area (Å²) >= 11 is 0. The van der Waals surface area contributed by atoms with Gasteiger partial charge in [-0.05, 0) is 34.1 Å². The lowest BCUT2D eigenvalue weighted by Gasteiger charge is -2.20. The third-order valence-corrected chi connectivity index (χ3v) is 2.30. The third-order valence-electron chi connectivity index (χ3n) is 2.30. The zero-order valence-electron chi connectivity index (χ0n) is 9.20. The first-order chi connectivity index (χ1) is 6.32. The van der Waals surface area contributed by atoms with Crippen molar-refractivity contribution in [1.29, 1.82) is 0 Å². The van der Waals surface area contributed by atoms with Crippen LogP contribution in [0.1, 0.15) is 34.1 Å². The van der Waals surface area contributed by atoms with Crippen LogP contribution in [0.3, 0.4) is 0 Å². The van der Waals surface area contributed by atoms with Crippen molar-refractivity contribution in [2.24, 2.45) is 5.41 Å². The van der Waals surface area contributed by atoms with Gasteiger partial charge in [0, 0.05) is 0 Å².